The summed E-state index contributed by atoms with van der Waals surface area (Å²) >= 11 is 0. The highest BCUT2D eigenvalue weighted by molar-refractivity contribution is 6.05. The average Bonchev–Trinajstić information content (AvgIpc) is 3.36. The maximum absolute atomic E-state index is 13.0. The van der Waals surface area contributed by atoms with E-state index in [9.17, 15) is 4.79 Å². The monoisotopic (exact) mass is 436 g/mol. The predicted molar refractivity (Wildman–Crippen MR) is 126 cm³/mol. The first kappa shape index (κ1) is 20.3. The molecule has 1 aliphatic heterocycles. The SMILES string of the molecule is C#Cc1cccc(Nc2ncnc3cc4c(cc23)N(C(=O)/C=C/Cn2ccnc2)CCO4)c1. The Balaban J connectivity index is 1.46. The molecule has 8 nitrogen and oxygen atoms in total. The van der Waals surface area contributed by atoms with Gasteiger partial charge in [-0.15, -0.1) is 6.42 Å². The largest absolute Gasteiger partial charge is 0.489 e. The second-order valence-electron chi connectivity index (χ2n) is 7.41. The van der Waals surface area contributed by atoms with Crippen LogP contribution in [-0.4, -0.2) is 38.6 Å². The zero-order valence-electron chi connectivity index (χ0n) is 17.7. The Hall–Kier alpha value is -4.64. The number of carbonyl (C=O) groups is 1. The van der Waals surface area contributed by atoms with Crippen LogP contribution in [-0.2, 0) is 11.3 Å². The van der Waals surface area contributed by atoms with Gasteiger partial charge < -0.3 is 19.5 Å². The highest BCUT2D eigenvalue weighted by atomic mass is 16.5. The maximum atomic E-state index is 13.0. The minimum absolute atomic E-state index is 0.118. The van der Waals surface area contributed by atoms with Crippen LogP contribution in [0, 0.1) is 12.3 Å². The molecule has 4 aromatic rings. The van der Waals surface area contributed by atoms with E-state index in [1.54, 1.807) is 23.5 Å². The number of hydrogen-bond acceptors (Lipinski definition) is 6. The summed E-state index contributed by atoms with van der Waals surface area (Å²) in [6.45, 7) is 1.43. The molecule has 2 aromatic heterocycles. The molecule has 0 bridgehead atoms. The molecule has 1 aliphatic rings. The summed E-state index contributed by atoms with van der Waals surface area (Å²) in [7, 11) is 0. The number of allylic oxidation sites excluding steroid dienone is 1. The number of anilines is 3. The van der Waals surface area contributed by atoms with E-state index in [0.29, 0.717) is 42.5 Å². The molecule has 2 aromatic carbocycles. The molecule has 1 amide bonds. The number of aromatic nitrogens is 4. The summed E-state index contributed by atoms with van der Waals surface area (Å²) in [5, 5.41) is 4.08. The zero-order valence-corrected chi connectivity index (χ0v) is 17.7. The molecule has 0 radical (unpaired) electrons. The van der Waals surface area contributed by atoms with Gasteiger partial charge in [-0.1, -0.05) is 18.1 Å². The predicted octanol–water partition coefficient (Wildman–Crippen LogP) is 3.53. The molecule has 0 aliphatic carbocycles. The maximum Gasteiger partial charge on any atom is 0.250 e. The van der Waals surface area contributed by atoms with Crippen molar-refractivity contribution in [1.82, 2.24) is 19.5 Å². The Morgan fingerprint density at radius 2 is 2.21 bits per heavy atom. The normalized spacial score (nSPS) is 12.9. The fourth-order valence-electron chi connectivity index (χ4n) is 3.68. The Labute approximate surface area is 190 Å². The second kappa shape index (κ2) is 8.85. The molecule has 8 heteroatoms. The number of fused-ring (bicyclic) bond motifs is 2. The van der Waals surface area contributed by atoms with Gasteiger partial charge in [0, 0.05) is 47.7 Å². The summed E-state index contributed by atoms with van der Waals surface area (Å²) in [4.78, 5) is 27.5. The lowest BCUT2D eigenvalue weighted by molar-refractivity contribution is -0.114. The zero-order chi connectivity index (χ0) is 22.6. The van der Waals surface area contributed by atoms with Gasteiger partial charge in [-0.05, 0) is 24.3 Å². The molecule has 5 rings (SSSR count). The van der Waals surface area contributed by atoms with Crippen LogP contribution in [0.3, 0.4) is 0 Å². The molecular formula is C25H20N6O2. The average molecular weight is 436 g/mol. The van der Waals surface area contributed by atoms with Crippen LogP contribution in [0.4, 0.5) is 17.2 Å². The Kier molecular flexibility index (Phi) is 5.43. The van der Waals surface area contributed by atoms with Crippen molar-refractivity contribution in [3.8, 4) is 18.1 Å². The minimum atomic E-state index is -0.118. The first-order chi connectivity index (χ1) is 16.2. The molecule has 0 unspecified atom stereocenters. The first-order valence-corrected chi connectivity index (χ1v) is 10.4. The van der Waals surface area contributed by atoms with E-state index in [1.807, 2.05) is 53.2 Å². The Morgan fingerprint density at radius 1 is 1.27 bits per heavy atom. The van der Waals surface area contributed by atoms with Gasteiger partial charge in [-0.2, -0.15) is 0 Å². The second-order valence-corrected chi connectivity index (χ2v) is 7.41. The van der Waals surface area contributed by atoms with Crippen LogP contribution >= 0.6 is 0 Å². The molecule has 0 spiro atoms. The third-order valence-electron chi connectivity index (χ3n) is 5.27. The van der Waals surface area contributed by atoms with Gasteiger partial charge in [0.25, 0.3) is 5.91 Å². The lowest BCUT2D eigenvalue weighted by atomic mass is 10.1. The van der Waals surface area contributed by atoms with Crippen molar-refractivity contribution in [3.05, 3.63) is 79.2 Å². The number of terminal acetylenes is 1. The lowest BCUT2D eigenvalue weighted by Crippen LogP contribution is -2.37. The molecule has 0 fully saturated rings. The highest BCUT2D eigenvalue weighted by Gasteiger charge is 2.24. The number of nitrogens with zero attached hydrogens (tertiary/aromatic N) is 5. The first-order valence-electron chi connectivity index (χ1n) is 10.4. The van der Waals surface area contributed by atoms with Crippen LogP contribution in [0.15, 0.2) is 73.6 Å². The van der Waals surface area contributed by atoms with Crippen molar-refractivity contribution < 1.29 is 9.53 Å². The summed E-state index contributed by atoms with van der Waals surface area (Å²) in [6.07, 6.45) is 15.7. The van der Waals surface area contributed by atoms with Gasteiger partial charge in [0.2, 0.25) is 0 Å². The van der Waals surface area contributed by atoms with Crippen molar-refractivity contribution in [2.75, 3.05) is 23.4 Å². The summed E-state index contributed by atoms with van der Waals surface area (Å²) < 4.78 is 7.71. The third-order valence-corrected chi connectivity index (χ3v) is 5.27. The van der Waals surface area contributed by atoms with E-state index in [4.69, 9.17) is 11.2 Å². The van der Waals surface area contributed by atoms with Crippen LogP contribution in [0.25, 0.3) is 10.9 Å². The molecule has 33 heavy (non-hydrogen) atoms. The number of rotatable bonds is 5. The lowest BCUT2D eigenvalue weighted by Gasteiger charge is -2.29. The van der Waals surface area contributed by atoms with Gasteiger partial charge in [-0.3, -0.25) is 4.79 Å². The number of carbonyl (C=O) groups excluding carboxylic acids is 1. The fraction of sp³-hybridized carbons (Fsp3) is 0.120. The molecule has 162 valence electrons. The number of nitrogens with one attached hydrogen (secondary N) is 1. The van der Waals surface area contributed by atoms with Crippen LogP contribution < -0.4 is 15.0 Å². The third kappa shape index (κ3) is 4.25. The number of hydrogen-bond donors (Lipinski definition) is 1. The van der Waals surface area contributed by atoms with E-state index in [1.165, 1.54) is 6.33 Å². The summed E-state index contributed by atoms with van der Waals surface area (Å²) in [6, 6.07) is 11.3. The van der Waals surface area contributed by atoms with Crippen molar-refractivity contribution in [2.24, 2.45) is 0 Å². The number of imidazole rings is 1. The molecular weight excluding hydrogens is 416 g/mol. The van der Waals surface area contributed by atoms with Crippen molar-refractivity contribution >= 4 is 34.0 Å². The van der Waals surface area contributed by atoms with Gasteiger partial charge in [0.05, 0.1) is 24.1 Å². The minimum Gasteiger partial charge on any atom is -0.489 e. The van der Waals surface area contributed by atoms with Crippen LogP contribution in [0.2, 0.25) is 0 Å². The van der Waals surface area contributed by atoms with Gasteiger partial charge in [0.1, 0.15) is 24.5 Å². The molecule has 1 N–H and O–H groups in total. The molecule has 0 atom stereocenters. The molecule has 0 saturated carbocycles. The van der Waals surface area contributed by atoms with E-state index in [-0.39, 0.29) is 5.91 Å². The van der Waals surface area contributed by atoms with Crippen LogP contribution in [0.5, 0.6) is 5.75 Å². The molecule has 0 saturated heterocycles. The van der Waals surface area contributed by atoms with Gasteiger partial charge >= 0.3 is 0 Å². The van der Waals surface area contributed by atoms with E-state index < -0.39 is 0 Å². The smallest absolute Gasteiger partial charge is 0.250 e. The van der Waals surface area contributed by atoms with Crippen molar-refractivity contribution in [1.29, 1.82) is 0 Å². The number of benzene rings is 2. The van der Waals surface area contributed by atoms with Crippen molar-refractivity contribution in [3.63, 3.8) is 0 Å². The molecule has 3 heterocycles. The van der Waals surface area contributed by atoms with Crippen LogP contribution in [0.1, 0.15) is 5.56 Å². The summed E-state index contributed by atoms with van der Waals surface area (Å²) in [5.74, 6) is 3.74. The van der Waals surface area contributed by atoms with E-state index >= 15 is 0 Å². The standard InChI is InChI=1S/C25H20N6O2/c1-2-18-5-3-6-19(13-18)29-25-20-14-22-23(15-21(20)27-16-28-25)33-12-11-31(22)24(32)7-4-9-30-10-8-26-17-30/h1,3-8,10,13-17H,9,11-12H2,(H,27,28,29)/b7-4+. The summed E-state index contributed by atoms with van der Waals surface area (Å²) in [5.41, 5.74) is 2.98. The fourth-order valence-corrected chi connectivity index (χ4v) is 3.68. The Morgan fingerprint density at radius 3 is 3.06 bits per heavy atom. The van der Waals surface area contributed by atoms with Gasteiger partial charge in [0.15, 0.2) is 0 Å². The number of amides is 1. The van der Waals surface area contributed by atoms with Crippen molar-refractivity contribution in [2.45, 2.75) is 6.54 Å². The Bertz CT molecular complexity index is 1390. The highest BCUT2D eigenvalue weighted by Crippen LogP contribution is 2.37. The quantitative estimate of drug-likeness (QED) is 0.381. The van der Waals surface area contributed by atoms with Gasteiger partial charge in [-0.25, -0.2) is 15.0 Å². The topological polar surface area (TPSA) is 85.2 Å². The number of ether oxygens (including phenoxy) is 1. The van der Waals surface area contributed by atoms with E-state index in [2.05, 4.69) is 26.2 Å². The van der Waals surface area contributed by atoms with E-state index in [0.717, 1.165) is 16.6 Å².